The minimum atomic E-state index is 0.280. The molecule has 0 radical (unpaired) electrons. The number of methoxy groups -OCH3 is 1. The van der Waals surface area contributed by atoms with Crippen LogP contribution >= 0.6 is 0 Å². The van der Waals surface area contributed by atoms with Crippen molar-refractivity contribution in [1.29, 1.82) is 0 Å². The maximum atomic E-state index is 5.46. The quantitative estimate of drug-likeness (QED) is 0.903. The molecule has 0 heterocycles. The highest BCUT2D eigenvalue weighted by Gasteiger charge is 2.24. The number of nitrogens with one attached hydrogen (secondary N) is 1. The van der Waals surface area contributed by atoms with Crippen molar-refractivity contribution in [1.82, 2.24) is 5.32 Å². The summed E-state index contributed by atoms with van der Waals surface area (Å²) < 4.78 is 5.46. The van der Waals surface area contributed by atoms with Crippen LogP contribution in [0.15, 0.2) is 48.5 Å². The van der Waals surface area contributed by atoms with Crippen LogP contribution in [0, 0.1) is 0 Å². The zero-order valence-electron chi connectivity index (χ0n) is 12.1. The van der Waals surface area contributed by atoms with Crippen LogP contribution < -0.4 is 10.1 Å². The van der Waals surface area contributed by atoms with E-state index in [-0.39, 0.29) is 6.04 Å². The van der Waals surface area contributed by atoms with Gasteiger partial charge in [0.1, 0.15) is 5.75 Å². The van der Waals surface area contributed by atoms with Crippen LogP contribution in [0.3, 0.4) is 0 Å². The summed E-state index contributed by atoms with van der Waals surface area (Å²) in [5.41, 5.74) is 4.16. The second kappa shape index (κ2) is 5.68. The van der Waals surface area contributed by atoms with Crippen LogP contribution in [0.2, 0.25) is 0 Å². The van der Waals surface area contributed by atoms with Crippen LogP contribution in [0.4, 0.5) is 0 Å². The van der Waals surface area contributed by atoms with E-state index in [0.29, 0.717) is 6.04 Å². The molecule has 0 aromatic heterocycles. The number of benzene rings is 2. The summed E-state index contributed by atoms with van der Waals surface area (Å²) in [5.74, 6) is 0.957. The lowest BCUT2D eigenvalue weighted by Crippen LogP contribution is -2.23. The summed E-state index contributed by atoms with van der Waals surface area (Å²) in [6, 6.07) is 17.7. The van der Waals surface area contributed by atoms with Crippen molar-refractivity contribution in [2.75, 3.05) is 7.11 Å². The van der Waals surface area contributed by atoms with Gasteiger partial charge in [0.2, 0.25) is 0 Å². The van der Waals surface area contributed by atoms with Crippen molar-refractivity contribution in [3.63, 3.8) is 0 Å². The molecule has 0 saturated heterocycles. The lowest BCUT2D eigenvalue weighted by Gasteiger charge is -2.22. The molecule has 0 saturated carbocycles. The van der Waals surface area contributed by atoms with E-state index < -0.39 is 0 Å². The van der Waals surface area contributed by atoms with Crippen molar-refractivity contribution >= 4 is 0 Å². The molecule has 3 rings (SSSR count). The molecular weight excluding hydrogens is 246 g/mol. The second-order valence-corrected chi connectivity index (χ2v) is 5.42. The lowest BCUT2D eigenvalue weighted by molar-refractivity contribution is 0.393. The van der Waals surface area contributed by atoms with Gasteiger partial charge in [-0.2, -0.15) is 0 Å². The molecule has 2 aromatic carbocycles. The Hall–Kier alpha value is -1.80. The van der Waals surface area contributed by atoms with Gasteiger partial charge in [0.25, 0.3) is 0 Å². The minimum Gasteiger partial charge on any atom is -0.496 e. The van der Waals surface area contributed by atoms with Gasteiger partial charge < -0.3 is 10.1 Å². The second-order valence-electron chi connectivity index (χ2n) is 5.42. The molecule has 1 unspecified atom stereocenters. The number of para-hydroxylation sites is 1. The highest BCUT2D eigenvalue weighted by atomic mass is 16.5. The Morgan fingerprint density at radius 3 is 2.70 bits per heavy atom. The van der Waals surface area contributed by atoms with Gasteiger partial charge in [-0.15, -0.1) is 0 Å². The van der Waals surface area contributed by atoms with E-state index in [9.17, 15) is 0 Å². The summed E-state index contributed by atoms with van der Waals surface area (Å²) >= 11 is 0. The van der Waals surface area contributed by atoms with E-state index in [2.05, 4.69) is 48.6 Å². The Morgan fingerprint density at radius 1 is 1.10 bits per heavy atom. The number of fused-ring (bicyclic) bond motifs is 1. The summed E-state index contributed by atoms with van der Waals surface area (Å²) in [4.78, 5) is 0. The summed E-state index contributed by atoms with van der Waals surface area (Å²) in [6.45, 7) is 2.21. The predicted molar refractivity (Wildman–Crippen MR) is 82.0 cm³/mol. The lowest BCUT2D eigenvalue weighted by atomic mass is 10.0. The van der Waals surface area contributed by atoms with Crippen molar-refractivity contribution in [2.45, 2.75) is 31.8 Å². The van der Waals surface area contributed by atoms with Crippen LogP contribution in [-0.2, 0) is 6.42 Å². The van der Waals surface area contributed by atoms with Crippen LogP contribution in [0.25, 0.3) is 0 Å². The topological polar surface area (TPSA) is 21.3 Å². The monoisotopic (exact) mass is 267 g/mol. The van der Waals surface area contributed by atoms with E-state index in [1.165, 1.54) is 29.5 Å². The van der Waals surface area contributed by atoms with E-state index in [1.807, 2.05) is 12.1 Å². The van der Waals surface area contributed by atoms with Crippen LogP contribution in [0.5, 0.6) is 5.75 Å². The van der Waals surface area contributed by atoms with E-state index in [4.69, 9.17) is 4.74 Å². The number of hydrogen-bond donors (Lipinski definition) is 1. The number of aryl methyl sites for hydroxylation is 1. The van der Waals surface area contributed by atoms with Gasteiger partial charge in [-0.3, -0.25) is 0 Å². The fraction of sp³-hybridized carbons (Fsp3) is 0.333. The molecule has 0 bridgehead atoms. The van der Waals surface area contributed by atoms with E-state index >= 15 is 0 Å². The van der Waals surface area contributed by atoms with E-state index in [1.54, 1.807) is 7.11 Å². The molecule has 2 nitrogen and oxygen atoms in total. The predicted octanol–water partition coefficient (Wildman–Crippen LogP) is 4.03. The average Bonchev–Trinajstić information content (AvgIpc) is 2.90. The molecule has 0 amide bonds. The van der Waals surface area contributed by atoms with Gasteiger partial charge >= 0.3 is 0 Å². The van der Waals surface area contributed by atoms with E-state index in [0.717, 1.165) is 5.75 Å². The molecule has 2 atom stereocenters. The summed E-state index contributed by atoms with van der Waals surface area (Å²) in [6.07, 6.45) is 2.35. The fourth-order valence-electron chi connectivity index (χ4n) is 3.15. The third-order valence-electron chi connectivity index (χ3n) is 4.19. The van der Waals surface area contributed by atoms with Crippen molar-refractivity contribution < 1.29 is 4.74 Å². The minimum absolute atomic E-state index is 0.280. The first-order valence-corrected chi connectivity index (χ1v) is 7.26. The molecule has 20 heavy (non-hydrogen) atoms. The zero-order valence-corrected chi connectivity index (χ0v) is 12.1. The van der Waals surface area contributed by atoms with Gasteiger partial charge in [0.05, 0.1) is 7.11 Å². The van der Waals surface area contributed by atoms with Crippen molar-refractivity contribution in [3.05, 3.63) is 65.2 Å². The Labute approximate surface area is 120 Å². The molecule has 1 aliphatic carbocycles. The fourth-order valence-corrected chi connectivity index (χ4v) is 3.15. The molecule has 2 aromatic rings. The summed E-state index contributed by atoms with van der Waals surface area (Å²) in [7, 11) is 1.73. The SMILES string of the molecule is COc1ccccc1[C@H](C)NC1CCc2ccccc21. The van der Waals surface area contributed by atoms with Crippen molar-refractivity contribution in [2.24, 2.45) is 0 Å². The molecule has 0 spiro atoms. The van der Waals surface area contributed by atoms with Gasteiger partial charge in [0.15, 0.2) is 0 Å². The van der Waals surface area contributed by atoms with Gasteiger partial charge in [-0.1, -0.05) is 42.5 Å². The molecule has 1 N–H and O–H groups in total. The maximum Gasteiger partial charge on any atom is 0.123 e. The van der Waals surface area contributed by atoms with Crippen LogP contribution in [-0.4, -0.2) is 7.11 Å². The normalized spacial score (nSPS) is 18.6. The molecule has 104 valence electrons. The third-order valence-corrected chi connectivity index (χ3v) is 4.19. The molecule has 0 fully saturated rings. The van der Waals surface area contributed by atoms with Crippen LogP contribution in [0.1, 0.15) is 42.1 Å². The third kappa shape index (κ3) is 2.44. The van der Waals surface area contributed by atoms with Crippen molar-refractivity contribution in [3.8, 4) is 5.75 Å². The Balaban J connectivity index is 1.79. The summed E-state index contributed by atoms with van der Waals surface area (Å²) in [5, 5.41) is 3.75. The first-order valence-electron chi connectivity index (χ1n) is 7.26. The average molecular weight is 267 g/mol. The first kappa shape index (κ1) is 13.2. The molecule has 2 heteroatoms. The Bertz CT molecular complexity index is 593. The Kier molecular flexibility index (Phi) is 3.75. The van der Waals surface area contributed by atoms with Gasteiger partial charge in [-0.05, 0) is 37.0 Å². The highest BCUT2D eigenvalue weighted by Crippen LogP contribution is 2.34. The number of rotatable bonds is 4. The largest absolute Gasteiger partial charge is 0.496 e. The molecule has 0 aliphatic heterocycles. The zero-order chi connectivity index (χ0) is 13.9. The highest BCUT2D eigenvalue weighted by molar-refractivity contribution is 5.37. The number of hydrogen-bond acceptors (Lipinski definition) is 2. The van der Waals surface area contributed by atoms with Gasteiger partial charge in [-0.25, -0.2) is 0 Å². The molecule has 1 aliphatic rings. The maximum absolute atomic E-state index is 5.46. The number of ether oxygens (including phenoxy) is 1. The smallest absolute Gasteiger partial charge is 0.123 e. The molecular formula is C18H21NO. The standard InChI is InChI=1S/C18H21NO/c1-13(15-8-5-6-10-18(15)20-2)19-17-12-11-14-7-3-4-9-16(14)17/h3-10,13,17,19H,11-12H2,1-2H3/t13-,17?/m0/s1. The van der Waals surface area contributed by atoms with Gasteiger partial charge in [0, 0.05) is 17.6 Å². The first-order chi connectivity index (χ1) is 9.79. The Morgan fingerprint density at radius 2 is 1.85 bits per heavy atom.